The van der Waals surface area contributed by atoms with Crippen LogP contribution in [-0.4, -0.2) is 49.0 Å². The molecule has 1 aliphatic carbocycles. The van der Waals surface area contributed by atoms with Crippen LogP contribution >= 0.6 is 0 Å². The van der Waals surface area contributed by atoms with Crippen LogP contribution in [0.25, 0.3) is 0 Å². The van der Waals surface area contributed by atoms with E-state index in [4.69, 9.17) is 4.74 Å². The molecule has 0 bridgehead atoms. The molecule has 3 heteroatoms. The van der Waals surface area contributed by atoms with Crippen molar-refractivity contribution in [3.63, 3.8) is 0 Å². The molecule has 100 valence electrons. The normalized spacial score (nSPS) is 36.4. The summed E-state index contributed by atoms with van der Waals surface area (Å²) in [6.07, 6.45) is 6.10. The largest absolute Gasteiger partial charge is 0.391 e. The summed E-state index contributed by atoms with van der Waals surface area (Å²) in [6, 6.07) is 0.683. The third-order valence-corrected chi connectivity index (χ3v) is 4.59. The van der Waals surface area contributed by atoms with E-state index in [1.54, 1.807) is 0 Å². The smallest absolute Gasteiger partial charge is 0.0718 e. The average molecular weight is 241 g/mol. The van der Waals surface area contributed by atoms with Crippen LogP contribution in [0.15, 0.2) is 0 Å². The third-order valence-electron chi connectivity index (χ3n) is 4.59. The van der Waals surface area contributed by atoms with Gasteiger partial charge in [-0.3, -0.25) is 0 Å². The molecule has 0 aromatic carbocycles. The summed E-state index contributed by atoms with van der Waals surface area (Å²) in [6.45, 7) is 4.73. The van der Waals surface area contributed by atoms with Crippen LogP contribution in [0.1, 0.15) is 39.0 Å². The molecule has 1 N–H and O–H groups in total. The van der Waals surface area contributed by atoms with E-state index in [-0.39, 0.29) is 6.10 Å². The predicted molar refractivity (Wildman–Crippen MR) is 69.0 cm³/mol. The highest BCUT2D eigenvalue weighted by molar-refractivity contribution is 4.81. The maximum Gasteiger partial charge on any atom is 0.0718 e. The zero-order valence-corrected chi connectivity index (χ0v) is 11.3. The highest BCUT2D eigenvalue weighted by Crippen LogP contribution is 2.27. The number of ether oxygens (including phenoxy) is 1. The maximum atomic E-state index is 10.2. The Morgan fingerprint density at radius 1 is 1.24 bits per heavy atom. The van der Waals surface area contributed by atoms with Crippen LogP contribution in [0.3, 0.4) is 0 Å². The minimum atomic E-state index is -0.207. The second kappa shape index (κ2) is 6.17. The number of nitrogens with zero attached hydrogens (tertiary/aromatic N) is 1. The van der Waals surface area contributed by atoms with Gasteiger partial charge in [0.25, 0.3) is 0 Å². The van der Waals surface area contributed by atoms with Gasteiger partial charge in [0.1, 0.15) is 0 Å². The molecule has 0 aromatic rings. The predicted octanol–water partition coefficient (Wildman–Crippen LogP) is 1.89. The van der Waals surface area contributed by atoms with Crippen LogP contribution in [-0.2, 0) is 4.74 Å². The quantitative estimate of drug-likeness (QED) is 0.816. The van der Waals surface area contributed by atoms with Gasteiger partial charge in [0.15, 0.2) is 0 Å². The standard InChI is InChI=1S/C14H27NO2/c1-11-3-5-13(6-4-11)15(2)9-14(16)12-7-8-17-10-12/h11-14,16H,3-10H2,1-2H3. The molecule has 2 fully saturated rings. The molecule has 0 amide bonds. The molecule has 3 nitrogen and oxygen atoms in total. The molecular weight excluding hydrogens is 214 g/mol. The Morgan fingerprint density at radius 2 is 1.94 bits per heavy atom. The minimum Gasteiger partial charge on any atom is -0.391 e. The van der Waals surface area contributed by atoms with Crippen molar-refractivity contribution in [1.29, 1.82) is 0 Å². The van der Waals surface area contributed by atoms with Crippen molar-refractivity contribution in [2.75, 3.05) is 26.8 Å². The summed E-state index contributed by atoms with van der Waals surface area (Å²) in [5.41, 5.74) is 0. The van der Waals surface area contributed by atoms with Crippen LogP contribution in [0, 0.1) is 11.8 Å². The van der Waals surface area contributed by atoms with E-state index in [2.05, 4.69) is 18.9 Å². The Bertz CT molecular complexity index is 220. The van der Waals surface area contributed by atoms with Gasteiger partial charge in [0, 0.05) is 25.1 Å². The Labute approximate surface area is 105 Å². The van der Waals surface area contributed by atoms with Crippen molar-refractivity contribution in [3.8, 4) is 0 Å². The first-order chi connectivity index (χ1) is 8.16. The molecule has 2 rings (SSSR count). The second-order valence-electron chi connectivity index (χ2n) is 6.04. The van der Waals surface area contributed by atoms with Crippen molar-refractivity contribution in [2.45, 2.75) is 51.2 Å². The SMILES string of the molecule is CC1CCC(N(C)CC(O)C2CCOC2)CC1. The van der Waals surface area contributed by atoms with Gasteiger partial charge < -0.3 is 14.7 Å². The van der Waals surface area contributed by atoms with Crippen LogP contribution in [0.4, 0.5) is 0 Å². The van der Waals surface area contributed by atoms with Gasteiger partial charge in [0.2, 0.25) is 0 Å². The lowest BCUT2D eigenvalue weighted by atomic mass is 9.86. The summed E-state index contributed by atoms with van der Waals surface area (Å²) in [7, 11) is 2.17. The summed E-state index contributed by atoms with van der Waals surface area (Å²) < 4.78 is 5.34. The number of likely N-dealkylation sites (N-methyl/N-ethyl adjacent to an activating group) is 1. The fraction of sp³-hybridized carbons (Fsp3) is 1.00. The van der Waals surface area contributed by atoms with E-state index in [0.717, 1.165) is 32.1 Å². The third kappa shape index (κ3) is 3.67. The van der Waals surface area contributed by atoms with Gasteiger partial charge in [-0.2, -0.15) is 0 Å². The van der Waals surface area contributed by atoms with Gasteiger partial charge in [-0.15, -0.1) is 0 Å². The van der Waals surface area contributed by atoms with Crippen molar-refractivity contribution < 1.29 is 9.84 Å². The maximum absolute atomic E-state index is 10.2. The average Bonchev–Trinajstić information content (AvgIpc) is 2.83. The second-order valence-corrected chi connectivity index (χ2v) is 6.04. The molecule has 0 spiro atoms. The molecule has 1 aliphatic heterocycles. The molecule has 1 heterocycles. The van der Waals surface area contributed by atoms with Gasteiger partial charge in [-0.1, -0.05) is 6.92 Å². The van der Waals surface area contributed by atoms with E-state index < -0.39 is 0 Å². The zero-order valence-electron chi connectivity index (χ0n) is 11.3. The van der Waals surface area contributed by atoms with Crippen LogP contribution < -0.4 is 0 Å². The minimum absolute atomic E-state index is 0.207. The van der Waals surface area contributed by atoms with Gasteiger partial charge in [0.05, 0.1) is 12.7 Å². The van der Waals surface area contributed by atoms with E-state index in [0.29, 0.717) is 12.0 Å². The number of aliphatic hydroxyl groups excluding tert-OH is 1. The topological polar surface area (TPSA) is 32.7 Å². The molecule has 2 atom stereocenters. The monoisotopic (exact) mass is 241 g/mol. The highest BCUT2D eigenvalue weighted by Gasteiger charge is 2.28. The zero-order chi connectivity index (χ0) is 12.3. The molecule has 0 radical (unpaired) electrons. The summed E-state index contributed by atoms with van der Waals surface area (Å²) >= 11 is 0. The molecule has 1 saturated heterocycles. The van der Waals surface area contributed by atoms with E-state index in [1.807, 2.05) is 0 Å². The first kappa shape index (κ1) is 13.3. The number of hydrogen-bond acceptors (Lipinski definition) is 3. The first-order valence-electron chi connectivity index (χ1n) is 7.13. The Morgan fingerprint density at radius 3 is 2.53 bits per heavy atom. The lowest BCUT2D eigenvalue weighted by Gasteiger charge is -2.35. The van der Waals surface area contributed by atoms with Crippen molar-refractivity contribution >= 4 is 0 Å². The lowest BCUT2D eigenvalue weighted by Crippen LogP contribution is -2.42. The molecular formula is C14H27NO2. The number of aliphatic hydroxyl groups is 1. The van der Waals surface area contributed by atoms with E-state index in [1.165, 1.54) is 25.7 Å². The van der Waals surface area contributed by atoms with Crippen molar-refractivity contribution in [3.05, 3.63) is 0 Å². The number of hydrogen-bond donors (Lipinski definition) is 1. The fourth-order valence-corrected chi connectivity index (χ4v) is 3.13. The van der Waals surface area contributed by atoms with Crippen LogP contribution in [0.2, 0.25) is 0 Å². The Balaban J connectivity index is 1.73. The van der Waals surface area contributed by atoms with E-state index >= 15 is 0 Å². The molecule has 0 aromatic heterocycles. The molecule has 2 aliphatic rings. The Kier molecular flexibility index (Phi) is 4.83. The molecule has 1 saturated carbocycles. The fourth-order valence-electron chi connectivity index (χ4n) is 3.13. The van der Waals surface area contributed by atoms with Gasteiger partial charge in [-0.05, 0) is 45.1 Å². The summed E-state index contributed by atoms with van der Waals surface area (Å²) in [4.78, 5) is 2.37. The number of rotatable bonds is 4. The van der Waals surface area contributed by atoms with Crippen LogP contribution in [0.5, 0.6) is 0 Å². The molecule has 17 heavy (non-hydrogen) atoms. The van der Waals surface area contributed by atoms with Gasteiger partial charge in [-0.25, -0.2) is 0 Å². The lowest BCUT2D eigenvalue weighted by molar-refractivity contribution is 0.0425. The first-order valence-corrected chi connectivity index (χ1v) is 7.13. The van der Waals surface area contributed by atoms with E-state index in [9.17, 15) is 5.11 Å². The highest BCUT2D eigenvalue weighted by atomic mass is 16.5. The Hall–Kier alpha value is -0.120. The summed E-state index contributed by atoms with van der Waals surface area (Å²) in [5.74, 6) is 1.26. The van der Waals surface area contributed by atoms with Gasteiger partial charge >= 0.3 is 0 Å². The van der Waals surface area contributed by atoms with Crippen molar-refractivity contribution in [2.24, 2.45) is 11.8 Å². The summed E-state index contributed by atoms with van der Waals surface area (Å²) in [5, 5.41) is 10.2. The van der Waals surface area contributed by atoms with Crippen molar-refractivity contribution in [1.82, 2.24) is 4.90 Å². The molecule has 2 unspecified atom stereocenters.